The number of carbonyl (C=O) groups is 1. The van der Waals surface area contributed by atoms with E-state index in [9.17, 15) is 4.79 Å². The molecular formula is C18H28ClN3O2. The van der Waals surface area contributed by atoms with Crippen LogP contribution in [0.1, 0.15) is 19.8 Å². The van der Waals surface area contributed by atoms with Crippen LogP contribution in [0.25, 0.3) is 0 Å². The summed E-state index contributed by atoms with van der Waals surface area (Å²) in [6, 6.07) is 11.3. The number of hydrogen-bond donors (Lipinski definition) is 0. The first-order valence-electron chi connectivity index (χ1n) is 8.73. The molecule has 1 aromatic rings. The molecule has 0 bridgehead atoms. The summed E-state index contributed by atoms with van der Waals surface area (Å²) in [7, 11) is 0. The number of ether oxygens (including phenoxy) is 1. The maximum atomic E-state index is 11.8. The molecular weight excluding hydrogens is 326 g/mol. The molecule has 6 heteroatoms. The van der Waals surface area contributed by atoms with Crippen molar-refractivity contribution in [2.24, 2.45) is 0 Å². The van der Waals surface area contributed by atoms with Crippen LogP contribution in [0.15, 0.2) is 30.3 Å². The molecule has 0 radical (unpaired) electrons. The van der Waals surface area contributed by atoms with Crippen molar-refractivity contribution in [3.05, 3.63) is 30.3 Å². The van der Waals surface area contributed by atoms with Crippen molar-refractivity contribution in [3.8, 4) is 0 Å². The van der Waals surface area contributed by atoms with Gasteiger partial charge in [-0.3, -0.25) is 4.90 Å². The van der Waals surface area contributed by atoms with Crippen LogP contribution < -0.4 is 4.90 Å². The molecule has 0 saturated carbocycles. The number of benzene rings is 1. The lowest BCUT2D eigenvalue weighted by Gasteiger charge is -2.43. The van der Waals surface area contributed by atoms with Gasteiger partial charge in [0.1, 0.15) is 0 Å². The summed E-state index contributed by atoms with van der Waals surface area (Å²) in [5.41, 5.74) is 1.32. The number of likely N-dealkylation sites (tertiary alicyclic amines) is 1. The van der Waals surface area contributed by atoms with E-state index in [-0.39, 0.29) is 18.5 Å². The highest BCUT2D eigenvalue weighted by Crippen LogP contribution is 2.21. The first-order valence-corrected chi connectivity index (χ1v) is 8.73. The highest BCUT2D eigenvalue weighted by molar-refractivity contribution is 5.85. The Labute approximate surface area is 151 Å². The van der Waals surface area contributed by atoms with Gasteiger partial charge < -0.3 is 14.5 Å². The molecule has 2 fully saturated rings. The quantitative estimate of drug-likeness (QED) is 0.837. The van der Waals surface area contributed by atoms with Crippen LogP contribution in [0.5, 0.6) is 0 Å². The van der Waals surface area contributed by atoms with Crippen LogP contribution in [0, 0.1) is 0 Å². The second-order valence-electron chi connectivity index (χ2n) is 6.28. The predicted molar refractivity (Wildman–Crippen MR) is 99.1 cm³/mol. The standard InChI is InChI=1S/C18H27N3O2.ClH/c1-2-23-18(22)21-10-8-17(9-11-21)20-14-12-19(13-15-20)16-6-4-3-5-7-16;/h3-7,17H,2,8-15H2,1H3;1H. The van der Waals surface area contributed by atoms with Gasteiger partial charge in [0.25, 0.3) is 0 Å². The van der Waals surface area contributed by atoms with Gasteiger partial charge in [0.15, 0.2) is 0 Å². The molecule has 0 N–H and O–H groups in total. The molecule has 2 heterocycles. The van der Waals surface area contributed by atoms with E-state index < -0.39 is 0 Å². The number of nitrogens with zero attached hydrogens (tertiary/aromatic N) is 3. The Balaban J connectivity index is 0.00000208. The fraction of sp³-hybridized carbons (Fsp3) is 0.611. The Morgan fingerprint density at radius 3 is 2.25 bits per heavy atom. The number of hydrogen-bond acceptors (Lipinski definition) is 4. The Hall–Kier alpha value is -1.46. The summed E-state index contributed by atoms with van der Waals surface area (Å²) in [5.74, 6) is 0. The van der Waals surface area contributed by atoms with E-state index in [2.05, 4.69) is 40.1 Å². The zero-order valence-electron chi connectivity index (χ0n) is 14.4. The van der Waals surface area contributed by atoms with Gasteiger partial charge in [-0.2, -0.15) is 0 Å². The van der Waals surface area contributed by atoms with Gasteiger partial charge in [0, 0.05) is 51.0 Å². The number of amides is 1. The summed E-state index contributed by atoms with van der Waals surface area (Å²) in [5, 5.41) is 0. The van der Waals surface area contributed by atoms with E-state index >= 15 is 0 Å². The van der Waals surface area contributed by atoms with E-state index in [4.69, 9.17) is 4.74 Å². The summed E-state index contributed by atoms with van der Waals surface area (Å²) in [6.07, 6.45) is 1.97. The third-order valence-corrected chi connectivity index (χ3v) is 4.94. The van der Waals surface area contributed by atoms with Crippen LogP contribution in [0.4, 0.5) is 10.5 Å². The summed E-state index contributed by atoms with van der Waals surface area (Å²) < 4.78 is 5.09. The molecule has 24 heavy (non-hydrogen) atoms. The molecule has 0 aliphatic carbocycles. The number of para-hydroxylation sites is 1. The number of halogens is 1. The summed E-state index contributed by atoms with van der Waals surface area (Å²) in [6.45, 7) is 8.35. The molecule has 2 aliphatic rings. The topological polar surface area (TPSA) is 36.0 Å². The average Bonchev–Trinajstić information content (AvgIpc) is 2.63. The lowest BCUT2D eigenvalue weighted by Crippen LogP contribution is -2.53. The van der Waals surface area contributed by atoms with Crippen LogP contribution in [0.3, 0.4) is 0 Å². The van der Waals surface area contributed by atoms with Crippen LogP contribution in [-0.2, 0) is 4.74 Å². The van der Waals surface area contributed by atoms with E-state index in [1.807, 2.05) is 11.8 Å². The highest BCUT2D eigenvalue weighted by Gasteiger charge is 2.29. The van der Waals surface area contributed by atoms with Crippen molar-refractivity contribution in [1.82, 2.24) is 9.80 Å². The highest BCUT2D eigenvalue weighted by atomic mass is 35.5. The Morgan fingerprint density at radius 1 is 1.04 bits per heavy atom. The molecule has 5 nitrogen and oxygen atoms in total. The number of rotatable bonds is 3. The van der Waals surface area contributed by atoms with Gasteiger partial charge in [-0.05, 0) is 31.9 Å². The van der Waals surface area contributed by atoms with Gasteiger partial charge in [-0.15, -0.1) is 12.4 Å². The first-order chi connectivity index (χ1) is 11.3. The fourth-order valence-electron chi connectivity index (χ4n) is 3.61. The number of carbonyl (C=O) groups excluding carboxylic acids is 1. The monoisotopic (exact) mass is 353 g/mol. The molecule has 0 spiro atoms. The largest absolute Gasteiger partial charge is 0.450 e. The average molecular weight is 354 g/mol. The molecule has 0 atom stereocenters. The molecule has 0 unspecified atom stereocenters. The minimum Gasteiger partial charge on any atom is -0.450 e. The van der Waals surface area contributed by atoms with Crippen molar-refractivity contribution in [2.75, 3.05) is 50.8 Å². The lowest BCUT2D eigenvalue weighted by molar-refractivity contribution is 0.0729. The number of piperidine rings is 1. The molecule has 134 valence electrons. The normalized spacial score (nSPS) is 19.7. The van der Waals surface area contributed by atoms with Gasteiger partial charge >= 0.3 is 6.09 Å². The minimum atomic E-state index is -0.153. The third kappa shape index (κ3) is 4.54. The van der Waals surface area contributed by atoms with Crippen LogP contribution >= 0.6 is 12.4 Å². The van der Waals surface area contributed by atoms with Crippen LogP contribution in [0.2, 0.25) is 0 Å². The van der Waals surface area contributed by atoms with Gasteiger partial charge in [0.05, 0.1) is 6.61 Å². The second-order valence-corrected chi connectivity index (χ2v) is 6.28. The molecule has 0 aromatic heterocycles. The summed E-state index contributed by atoms with van der Waals surface area (Å²) >= 11 is 0. The van der Waals surface area contributed by atoms with Gasteiger partial charge in [-0.25, -0.2) is 4.79 Å². The minimum absolute atomic E-state index is 0. The van der Waals surface area contributed by atoms with Crippen molar-refractivity contribution in [2.45, 2.75) is 25.8 Å². The van der Waals surface area contributed by atoms with Crippen LogP contribution in [-0.4, -0.2) is 67.8 Å². The number of piperazine rings is 1. The molecule has 2 aliphatic heterocycles. The van der Waals surface area contributed by atoms with Gasteiger partial charge in [0.2, 0.25) is 0 Å². The maximum Gasteiger partial charge on any atom is 0.409 e. The first kappa shape index (κ1) is 18.9. The number of anilines is 1. The molecule has 2 saturated heterocycles. The molecule has 3 rings (SSSR count). The zero-order chi connectivity index (χ0) is 16.1. The maximum absolute atomic E-state index is 11.8. The van der Waals surface area contributed by atoms with Crippen molar-refractivity contribution < 1.29 is 9.53 Å². The Morgan fingerprint density at radius 2 is 1.67 bits per heavy atom. The Bertz CT molecular complexity index is 498. The second kappa shape index (κ2) is 9.14. The fourth-order valence-corrected chi connectivity index (χ4v) is 3.61. The van der Waals surface area contributed by atoms with E-state index in [0.717, 1.165) is 52.1 Å². The van der Waals surface area contributed by atoms with Crippen molar-refractivity contribution in [1.29, 1.82) is 0 Å². The van der Waals surface area contributed by atoms with E-state index in [1.54, 1.807) is 0 Å². The van der Waals surface area contributed by atoms with E-state index in [0.29, 0.717) is 12.6 Å². The molecule has 1 amide bonds. The Kier molecular flexibility index (Phi) is 7.18. The van der Waals surface area contributed by atoms with Gasteiger partial charge in [-0.1, -0.05) is 18.2 Å². The zero-order valence-corrected chi connectivity index (χ0v) is 15.2. The van der Waals surface area contributed by atoms with Crippen molar-refractivity contribution in [3.63, 3.8) is 0 Å². The smallest absolute Gasteiger partial charge is 0.409 e. The molecule has 1 aromatic carbocycles. The van der Waals surface area contributed by atoms with Crippen molar-refractivity contribution >= 4 is 24.2 Å². The summed E-state index contributed by atoms with van der Waals surface area (Å²) in [4.78, 5) is 18.7. The third-order valence-electron chi connectivity index (χ3n) is 4.94. The van der Waals surface area contributed by atoms with E-state index in [1.165, 1.54) is 5.69 Å². The lowest BCUT2D eigenvalue weighted by atomic mass is 10.0. The SMILES string of the molecule is CCOC(=O)N1CCC(N2CCN(c3ccccc3)CC2)CC1.Cl. The predicted octanol–water partition coefficient (Wildman–Crippen LogP) is 2.85.